The Morgan fingerprint density at radius 1 is 1.25 bits per heavy atom. The Kier molecular flexibility index (Phi) is 13.6. The standard InChI is InChI=1S/C8H17NO2.HI/c1-11-8(10)6-4-2-3-5-7-9;/h2-7,9H2,1H3;1H. The van der Waals surface area contributed by atoms with Crippen LogP contribution in [0.2, 0.25) is 0 Å². The molecule has 0 bridgehead atoms. The second-order valence-electron chi connectivity index (χ2n) is 2.53. The Labute approximate surface area is 91.1 Å². The van der Waals surface area contributed by atoms with Crippen LogP contribution in [0.3, 0.4) is 0 Å². The van der Waals surface area contributed by atoms with E-state index < -0.39 is 0 Å². The first-order valence-corrected chi connectivity index (χ1v) is 4.08. The van der Waals surface area contributed by atoms with Crippen molar-refractivity contribution in [3.8, 4) is 0 Å². The van der Waals surface area contributed by atoms with Crippen LogP contribution < -0.4 is 5.73 Å². The van der Waals surface area contributed by atoms with Crippen molar-refractivity contribution in [2.45, 2.75) is 32.1 Å². The summed E-state index contributed by atoms with van der Waals surface area (Å²) < 4.78 is 4.49. The summed E-state index contributed by atoms with van der Waals surface area (Å²) in [6, 6.07) is 0. The Morgan fingerprint density at radius 3 is 2.33 bits per heavy atom. The van der Waals surface area contributed by atoms with E-state index in [4.69, 9.17) is 5.73 Å². The molecule has 0 saturated heterocycles. The first kappa shape index (κ1) is 14.7. The normalized spacial score (nSPS) is 8.83. The minimum Gasteiger partial charge on any atom is -0.469 e. The number of hydrogen-bond acceptors (Lipinski definition) is 3. The zero-order valence-corrected chi connectivity index (χ0v) is 9.88. The van der Waals surface area contributed by atoms with Crippen LogP contribution in [0.4, 0.5) is 0 Å². The van der Waals surface area contributed by atoms with E-state index in [1.807, 2.05) is 0 Å². The van der Waals surface area contributed by atoms with Gasteiger partial charge in [0, 0.05) is 6.42 Å². The summed E-state index contributed by atoms with van der Waals surface area (Å²) in [5.74, 6) is -0.113. The lowest BCUT2D eigenvalue weighted by atomic mass is 10.1. The fraction of sp³-hybridized carbons (Fsp3) is 0.875. The van der Waals surface area contributed by atoms with Gasteiger partial charge in [-0.25, -0.2) is 0 Å². The fourth-order valence-corrected chi connectivity index (χ4v) is 0.869. The number of ether oxygens (including phenoxy) is 1. The van der Waals surface area contributed by atoms with Gasteiger partial charge in [-0.05, 0) is 19.4 Å². The quantitative estimate of drug-likeness (QED) is 0.459. The molecule has 0 spiro atoms. The van der Waals surface area contributed by atoms with Crippen LogP contribution in [0.5, 0.6) is 0 Å². The van der Waals surface area contributed by atoms with Crippen LogP contribution in [0.15, 0.2) is 0 Å². The smallest absolute Gasteiger partial charge is 0.305 e. The maximum Gasteiger partial charge on any atom is 0.305 e. The van der Waals surface area contributed by atoms with Gasteiger partial charge in [-0.2, -0.15) is 0 Å². The van der Waals surface area contributed by atoms with Crippen molar-refractivity contribution in [1.29, 1.82) is 0 Å². The molecule has 0 aliphatic carbocycles. The number of nitrogens with two attached hydrogens (primary N) is 1. The molecule has 74 valence electrons. The van der Waals surface area contributed by atoms with Gasteiger partial charge < -0.3 is 10.5 Å². The van der Waals surface area contributed by atoms with E-state index in [0.29, 0.717) is 6.42 Å². The lowest BCUT2D eigenvalue weighted by Crippen LogP contribution is -2.00. The van der Waals surface area contributed by atoms with Gasteiger partial charge in [-0.1, -0.05) is 12.8 Å². The highest BCUT2D eigenvalue weighted by molar-refractivity contribution is 14.0. The molecule has 0 amide bonds. The number of methoxy groups -OCH3 is 1. The van der Waals surface area contributed by atoms with Crippen molar-refractivity contribution in [3.63, 3.8) is 0 Å². The van der Waals surface area contributed by atoms with E-state index in [9.17, 15) is 4.79 Å². The predicted molar refractivity (Wildman–Crippen MR) is 59.6 cm³/mol. The number of carbonyl (C=O) groups is 1. The van der Waals surface area contributed by atoms with Gasteiger partial charge in [-0.15, -0.1) is 24.0 Å². The van der Waals surface area contributed by atoms with Crippen molar-refractivity contribution in [3.05, 3.63) is 0 Å². The highest BCUT2D eigenvalue weighted by Crippen LogP contribution is 2.02. The van der Waals surface area contributed by atoms with E-state index in [2.05, 4.69) is 4.74 Å². The zero-order chi connectivity index (χ0) is 8.53. The minimum atomic E-state index is -0.113. The molecular weight excluding hydrogens is 269 g/mol. The molecule has 0 rings (SSSR count). The predicted octanol–water partition coefficient (Wildman–Crippen LogP) is 1.69. The molecule has 0 saturated carbocycles. The van der Waals surface area contributed by atoms with Gasteiger partial charge in [-0.3, -0.25) is 4.79 Å². The number of unbranched alkanes of at least 4 members (excludes halogenated alkanes) is 3. The molecule has 0 aromatic heterocycles. The average Bonchev–Trinajstić information content (AvgIpc) is 2.04. The van der Waals surface area contributed by atoms with Crippen molar-refractivity contribution in [2.24, 2.45) is 5.73 Å². The molecule has 0 radical (unpaired) electrons. The Bertz CT molecular complexity index is 109. The molecule has 0 aliphatic heterocycles. The van der Waals surface area contributed by atoms with Crippen molar-refractivity contribution in [1.82, 2.24) is 0 Å². The van der Waals surface area contributed by atoms with Gasteiger partial charge in [0.05, 0.1) is 7.11 Å². The van der Waals surface area contributed by atoms with Crippen molar-refractivity contribution in [2.75, 3.05) is 13.7 Å². The molecular formula is C8H18INO2. The number of halogens is 1. The minimum absolute atomic E-state index is 0. The first-order chi connectivity index (χ1) is 5.31. The van der Waals surface area contributed by atoms with E-state index in [-0.39, 0.29) is 29.9 Å². The summed E-state index contributed by atoms with van der Waals surface area (Å²) in [6.07, 6.45) is 4.72. The molecule has 0 aliphatic rings. The Balaban J connectivity index is 0. The summed E-state index contributed by atoms with van der Waals surface area (Å²) in [4.78, 5) is 10.6. The topological polar surface area (TPSA) is 52.3 Å². The number of rotatable bonds is 6. The molecule has 0 fully saturated rings. The highest BCUT2D eigenvalue weighted by Gasteiger charge is 1.97. The second kappa shape index (κ2) is 11.2. The largest absolute Gasteiger partial charge is 0.469 e. The summed E-state index contributed by atoms with van der Waals surface area (Å²) in [5, 5.41) is 0. The molecule has 0 aromatic rings. The molecule has 0 atom stereocenters. The van der Waals surface area contributed by atoms with E-state index in [1.54, 1.807) is 0 Å². The fourth-order valence-electron chi connectivity index (χ4n) is 0.869. The first-order valence-electron chi connectivity index (χ1n) is 4.08. The third-order valence-corrected chi connectivity index (χ3v) is 1.56. The Hall–Kier alpha value is 0.160. The van der Waals surface area contributed by atoms with Crippen LogP contribution in [0.1, 0.15) is 32.1 Å². The van der Waals surface area contributed by atoms with Crippen LogP contribution >= 0.6 is 24.0 Å². The molecule has 0 heterocycles. The van der Waals surface area contributed by atoms with E-state index in [1.165, 1.54) is 7.11 Å². The summed E-state index contributed by atoms with van der Waals surface area (Å²) in [6.45, 7) is 0.748. The lowest BCUT2D eigenvalue weighted by Gasteiger charge is -1.98. The SMILES string of the molecule is COC(=O)CCCCCCN.I. The summed E-state index contributed by atoms with van der Waals surface area (Å²) in [5.41, 5.74) is 5.31. The maximum absolute atomic E-state index is 10.6. The van der Waals surface area contributed by atoms with Crippen LogP contribution in [-0.4, -0.2) is 19.6 Å². The highest BCUT2D eigenvalue weighted by atomic mass is 127. The molecule has 2 N–H and O–H groups in total. The molecule has 3 nitrogen and oxygen atoms in total. The molecule has 4 heteroatoms. The Morgan fingerprint density at radius 2 is 1.83 bits per heavy atom. The zero-order valence-electron chi connectivity index (χ0n) is 7.54. The van der Waals surface area contributed by atoms with Crippen LogP contribution in [0.25, 0.3) is 0 Å². The monoisotopic (exact) mass is 287 g/mol. The van der Waals surface area contributed by atoms with Crippen molar-refractivity contribution >= 4 is 29.9 Å². The van der Waals surface area contributed by atoms with Gasteiger partial charge in [0.15, 0.2) is 0 Å². The van der Waals surface area contributed by atoms with Crippen LogP contribution in [0, 0.1) is 0 Å². The molecule has 0 unspecified atom stereocenters. The van der Waals surface area contributed by atoms with Gasteiger partial charge >= 0.3 is 5.97 Å². The van der Waals surface area contributed by atoms with Gasteiger partial charge in [0.25, 0.3) is 0 Å². The van der Waals surface area contributed by atoms with E-state index in [0.717, 1.165) is 32.2 Å². The third kappa shape index (κ3) is 10.2. The third-order valence-electron chi connectivity index (χ3n) is 1.56. The molecule has 12 heavy (non-hydrogen) atoms. The number of esters is 1. The van der Waals surface area contributed by atoms with E-state index >= 15 is 0 Å². The average molecular weight is 287 g/mol. The summed E-state index contributed by atoms with van der Waals surface area (Å²) in [7, 11) is 1.42. The number of carbonyl (C=O) groups excluding carboxylic acids is 1. The van der Waals surface area contributed by atoms with Gasteiger partial charge in [0.2, 0.25) is 0 Å². The second-order valence-corrected chi connectivity index (χ2v) is 2.53. The lowest BCUT2D eigenvalue weighted by molar-refractivity contribution is -0.140. The summed E-state index contributed by atoms with van der Waals surface area (Å²) >= 11 is 0. The number of hydrogen-bond donors (Lipinski definition) is 1. The van der Waals surface area contributed by atoms with Gasteiger partial charge in [0.1, 0.15) is 0 Å². The van der Waals surface area contributed by atoms with Crippen molar-refractivity contribution < 1.29 is 9.53 Å². The van der Waals surface area contributed by atoms with Crippen LogP contribution in [-0.2, 0) is 9.53 Å². The molecule has 0 aromatic carbocycles. The maximum atomic E-state index is 10.6.